The van der Waals surface area contributed by atoms with Crippen molar-refractivity contribution in [2.45, 2.75) is 13.3 Å². The van der Waals surface area contributed by atoms with E-state index in [0.29, 0.717) is 24.1 Å². The highest BCUT2D eigenvalue weighted by Gasteiger charge is 2.36. The van der Waals surface area contributed by atoms with E-state index < -0.39 is 5.82 Å². The lowest BCUT2D eigenvalue weighted by molar-refractivity contribution is 0.0771. The van der Waals surface area contributed by atoms with Crippen LogP contribution in [-0.4, -0.2) is 30.4 Å². The first-order chi connectivity index (χ1) is 8.47. The van der Waals surface area contributed by atoms with Gasteiger partial charge in [-0.2, -0.15) is 0 Å². The van der Waals surface area contributed by atoms with Crippen molar-refractivity contribution >= 4 is 34.2 Å². The summed E-state index contributed by atoms with van der Waals surface area (Å²) in [7, 11) is 0. The molecule has 1 aromatic rings. The van der Waals surface area contributed by atoms with Crippen molar-refractivity contribution < 1.29 is 9.18 Å². The summed E-state index contributed by atoms with van der Waals surface area (Å²) in [4.78, 5) is 14.0. The minimum Gasteiger partial charge on any atom is -0.338 e. The van der Waals surface area contributed by atoms with E-state index in [4.69, 9.17) is 5.73 Å². The molecular weight excluding hydrogens is 335 g/mol. The summed E-state index contributed by atoms with van der Waals surface area (Å²) in [6, 6.07) is 4.55. The number of likely N-dealkylation sites (tertiary alicyclic amines) is 1. The summed E-state index contributed by atoms with van der Waals surface area (Å²) in [6.45, 7) is 3.81. The zero-order chi connectivity index (χ0) is 13.3. The number of carbonyl (C=O) groups is 1. The molecular formula is C13H17BrClFN2O. The molecule has 0 bridgehead atoms. The standard InChI is InChI=1S/C13H16BrFN2O.ClH/c1-13(7-16)5-6-17(8-13)12(18)11-9(14)3-2-4-10(11)15;/h2-4H,5-8,16H2,1H3;1H. The molecule has 1 saturated heterocycles. The van der Waals surface area contributed by atoms with Crippen molar-refractivity contribution in [1.82, 2.24) is 4.90 Å². The van der Waals surface area contributed by atoms with Gasteiger partial charge in [0.05, 0.1) is 5.56 Å². The number of hydrogen-bond acceptors (Lipinski definition) is 2. The van der Waals surface area contributed by atoms with Gasteiger partial charge in [0, 0.05) is 17.6 Å². The lowest BCUT2D eigenvalue weighted by Gasteiger charge is -2.23. The fourth-order valence-corrected chi connectivity index (χ4v) is 2.74. The molecule has 1 fully saturated rings. The Morgan fingerprint density at radius 2 is 2.26 bits per heavy atom. The van der Waals surface area contributed by atoms with Crippen molar-refractivity contribution in [2.24, 2.45) is 11.1 Å². The highest BCUT2D eigenvalue weighted by molar-refractivity contribution is 9.10. The summed E-state index contributed by atoms with van der Waals surface area (Å²) in [5.74, 6) is -0.757. The number of benzene rings is 1. The Kier molecular flexibility index (Phi) is 5.35. The van der Waals surface area contributed by atoms with Crippen LogP contribution in [0.5, 0.6) is 0 Å². The third-order valence-electron chi connectivity index (χ3n) is 3.51. The number of nitrogens with zero attached hydrogens (tertiary/aromatic N) is 1. The Hall–Kier alpha value is -0.650. The monoisotopic (exact) mass is 350 g/mol. The van der Waals surface area contributed by atoms with E-state index in [2.05, 4.69) is 22.9 Å². The van der Waals surface area contributed by atoms with Crippen LogP contribution in [0.25, 0.3) is 0 Å². The van der Waals surface area contributed by atoms with Crippen molar-refractivity contribution in [3.63, 3.8) is 0 Å². The minimum absolute atomic E-state index is 0. The van der Waals surface area contributed by atoms with Crippen LogP contribution in [-0.2, 0) is 0 Å². The molecule has 1 aliphatic heterocycles. The first kappa shape index (κ1) is 16.4. The van der Waals surface area contributed by atoms with Gasteiger partial charge in [-0.3, -0.25) is 4.79 Å². The van der Waals surface area contributed by atoms with Gasteiger partial charge in [-0.15, -0.1) is 12.4 Å². The molecule has 106 valence electrons. The second-order valence-corrected chi connectivity index (χ2v) is 5.94. The zero-order valence-corrected chi connectivity index (χ0v) is 13.1. The molecule has 0 radical (unpaired) electrons. The molecule has 1 unspecified atom stereocenters. The van der Waals surface area contributed by atoms with Crippen molar-refractivity contribution in [1.29, 1.82) is 0 Å². The number of carbonyl (C=O) groups excluding carboxylic acids is 1. The van der Waals surface area contributed by atoms with Crippen LogP contribution < -0.4 is 5.73 Å². The molecule has 1 aliphatic rings. The van der Waals surface area contributed by atoms with Gasteiger partial charge in [-0.25, -0.2) is 4.39 Å². The third-order valence-corrected chi connectivity index (χ3v) is 4.18. The molecule has 1 heterocycles. The summed E-state index contributed by atoms with van der Waals surface area (Å²) in [5.41, 5.74) is 5.77. The van der Waals surface area contributed by atoms with Gasteiger partial charge in [0.1, 0.15) is 5.82 Å². The number of hydrogen-bond donors (Lipinski definition) is 1. The van der Waals surface area contributed by atoms with Gasteiger partial charge < -0.3 is 10.6 Å². The Bertz CT molecular complexity index is 465. The van der Waals surface area contributed by atoms with E-state index in [1.165, 1.54) is 6.07 Å². The number of nitrogens with two attached hydrogens (primary N) is 1. The second kappa shape index (κ2) is 6.20. The predicted molar refractivity (Wildman–Crippen MR) is 79.0 cm³/mol. The summed E-state index contributed by atoms with van der Waals surface area (Å²) in [6.07, 6.45) is 0.862. The molecule has 2 rings (SSSR count). The van der Waals surface area contributed by atoms with E-state index in [1.54, 1.807) is 17.0 Å². The molecule has 3 nitrogen and oxygen atoms in total. The Morgan fingerprint density at radius 3 is 2.79 bits per heavy atom. The lowest BCUT2D eigenvalue weighted by Crippen LogP contribution is -2.35. The van der Waals surface area contributed by atoms with Gasteiger partial charge in [0.2, 0.25) is 0 Å². The van der Waals surface area contributed by atoms with Gasteiger partial charge in [-0.05, 0) is 46.4 Å². The number of halogens is 3. The first-order valence-corrected chi connectivity index (χ1v) is 6.69. The largest absolute Gasteiger partial charge is 0.338 e. The molecule has 6 heteroatoms. The molecule has 0 aromatic heterocycles. The first-order valence-electron chi connectivity index (χ1n) is 5.90. The van der Waals surface area contributed by atoms with Crippen LogP contribution in [0.2, 0.25) is 0 Å². The van der Waals surface area contributed by atoms with Gasteiger partial charge in [-0.1, -0.05) is 13.0 Å². The Labute approximate surface area is 126 Å². The van der Waals surface area contributed by atoms with E-state index in [9.17, 15) is 9.18 Å². The van der Waals surface area contributed by atoms with E-state index in [0.717, 1.165) is 6.42 Å². The average Bonchev–Trinajstić information content (AvgIpc) is 2.72. The zero-order valence-electron chi connectivity index (χ0n) is 10.7. The molecule has 0 aliphatic carbocycles. The molecule has 19 heavy (non-hydrogen) atoms. The quantitative estimate of drug-likeness (QED) is 0.890. The van der Waals surface area contributed by atoms with Crippen LogP contribution in [0.4, 0.5) is 4.39 Å². The van der Waals surface area contributed by atoms with E-state index >= 15 is 0 Å². The fourth-order valence-electron chi connectivity index (χ4n) is 2.22. The maximum atomic E-state index is 13.7. The predicted octanol–water partition coefficient (Wildman–Crippen LogP) is 2.82. The van der Waals surface area contributed by atoms with Crippen LogP contribution >= 0.6 is 28.3 Å². The van der Waals surface area contributed by atoms with Crippen molar-refractivity contribution in [3.8, 4) is 0 Å². The van der Waals surface area contributed by atoms with E-state index in [-0.39, 0.29) is 29.3 Å². The average molecular weight is 352 g/mol. The van der Waals surface area contributed by atoms with Crippen LogP contribution in [0.1, 0.15) is 23.7 Å². The second-order valence-electron chi connectivity index (χ2n) is 5.09. The van der Waals surface area contributed by atoms with Crippen LogP contribution in [0, 0.1) is 11.2 Å². The van der Waals surface area contributed by atoms with E-state index in [1.807, 2.05) is 0 Å². The topological polar surface area (TPSA) is 46.3 Å². The number of amides is 1. The van der Waals surface area contributed by atoms with Gasteiger partial charge in [0.15, 0.2) is 0 Å². The SMILES string of the molecule is CC1(CN)CCN(C(=O)c2c(F)cccc2Br)C1.Cl. The lowest BCUT2D eigenvalue weighted by atomic mass is 9.90. The van der Waals surface area contributed by atoms with Crippen LogP contribution in [0.3, 0.4) is 0 Å². The Morgan fingerprint density at radius 1 is 1.58 bits per heavy atom. The maximum absolute atomic E-state index is 13.7. The molecule has 0 saturated carbocycles. The Balaban J connectivity index is 0.00000180. The maximum Gasteiger partial charge on any atom is 0.258 e. The number of rotatable bonds is 2. The third kappa shape index (κ3) is 3.27. The highest BCUT2D eigenvalue weighted by atomic mass is 79.9. The summed E-state index contributed by atoms with van der Waals surface area (Å²) < 4.78 is 14.2. The van der Waals surface area contributed by atoms with Gasteiger partial charge in [0.25, 0.3) is 5.91 Å². The fraction of sp³-hybridized carbons (Fsp3) is 0.462. The summed E-state index contributed by atoms with van der Waals surface area (Å²) >= 11 is 3.23. The molecule has 0 spiro atoms. The minimum atomic E-state index is -0.490. The van der Waals surface area contributed by atoms with Crippen molar-refractivity contribution in [2.75, 3.05) is 19.6 Å². The molecule has 1 amide bonds. The van der Waals surface area contributed by atoms with Crippen molar-refractivity contribution in [3.05, 3.63) is 34.1 Å². The smallest absolute Gasteiger partial charge is 0.258 e. The molecule has 1 aromatic carbocycles. The summed E-state index contributed by atoms with van der Waals surface area (Å²) in [5, 5.41) is 0. The highest BCUT2D eigenvalue weighted by Crippen LogP contribution is 2.31. The normalized spacial score (nSPS) is 22.2. The van der Waals surface area contributed by atoms with Gasteiger partial charge >= 0.3 is 0 Å². The molecule has 1 atom stereocenters. The van der Waals surface area contributed by atoms with Crippen LogP contribution in [0.15, 0.2) is 22.7 Å². The molecule has 2 N–H and O–H groups in total.